The summed E-state index contributed by atoms with van der Waals surface area (Å²) in [6.45, 7) is 8.82. The SMILES string of the molecule is CCCCCCCCCCc1ccc(-[n+]2c(C)cc(C)cc2C)cc1.O=S(=O)([O-])O. The van der Waals surface area contributed by atoms with Gasteiger partial charge in [-0.3, -0.25) is 4.55 Å². The summed E-state index contributed by atoms with van der Waals surface area (Å²) in [5.41, 5.74) is 6.67. The quantitative estimate of drug-likeness (QED) is 0.229. The second-order valence-corrected chi connectivity index (χ2v) is 8.83. The summed E-state index contributed by atoms with van der Waals surface area (Å²) in [5.74, 6) is 0. The molecule has 168 valence electrons. The highest BCUT2D eigenvalue weighted by Crippen LogP contribution is 2.13. The summed E-state index contributed by atoms with van der Waals surface area (Å²) in [7, 11) is -4.92. The second-order valence-electron chi connectivity index (χ2n) is 7.97. The average Bonchev–Trinajstić information content (AvgIpc) is 2.63. The molecule has 0 aliphatic rings. The Hall–Kier alpha value is -1.76. The average molecular weight is 436 g/mol. The van der Waals surface area contributed by atoms with Gasteiger partial charge in [0.25, 0.3) is 0 Å². The highest BCUT2D eigenvalue weighted by Gasteiger charge is 2.14. The van der Waals surface area contributed by atoms with E-state index in [1.165, 1.54) is 86.0 Å². The zero-order chi connectivity index (χ0) is 22.6. The molecule has 6 heteroatoms. The molecule has 0 fully saturated rings. The number of nitrogens with zero attached hydrogens (tertiary/aromatic N) is 1. The Balaban J connectivity index is 0.000000804. The van der Waals surface area contributed by atoms with E-state index in [0.29, 0.717) is 0 Å². The van der Waals surface area contributed by atoms with Crippen molar-refractivity contribution in [3.05, 3.63) is 58.9 Å². The van der Waals surface area contributed by atoms with Gasteiger partial charge in [-0.25, -0.2) is 8.42 Å². The molecule has 2 rings (SSSR count). The standard InChI is InChI=1S/C24H36N.H2O4S/c1-5-6-7-8-9-10-11-12-13-23-14-16-24(17-15-23)25-21(3)18-20(2)19-22(25)4;1-5(2,3)4/h14-19H,5-13H2,1-4H3;(H2,1,2,3,4)/q+1;/p-1. The molecule has 0 saturated heterocycles. The zero-order valence-electron chi connectivity index (χ0n) is 18.9. The Labute approximate surface area is 182 Å². The van der Waals surface area contributed by atoms with Crippen LogP contribution in [-0.4, -0.2) is 17.5 Å². The Morgan fingerprint density at radius 1 is 0.833 bits per heavy atom. The minimum absolute atomic E-state index is 1.21. The number of aromatic nitrogens is 1. The molecule has 1 N–H and O–H groups in total. The Morgan fingerprint density at radius 3 is 1.73 bits per heavy atom. The first-order valence-electron chi connectivity index (χ1n) is 10.9. The van der Waals surface area contributed by atoms with Gasteiger partial charge in [0.05, 0.1) is 0 Å². The minimum atomic E-state index is -4.92. The smallest absolute Gasteiger partial charge is 0.215 e. The van der Waals surface area contributed by atoms with Crippen molar-refractivity contribution in [1.29, 1.82) is 0 Å². The van der Waals surface area contributed by atoms with Crippen LogP contribution in [0.4, 0.5) is 0 Å². The predicted molar refractivity (Wildman–Crippen MR) is 121 cm³/mol. The molecule has 1 aromatic heterocycles. The molecule has 0 saturated carbocycles. The fraction of sp³-hybridized carbons (Fsp3) is 0.542. The van der Waals surface area contributed by atoms with E-state index in [1.807, 2.05) is 0 Å². The van der Waals surface area contributed by atoms with Gasteiger partial charge in [0.15, 0.2) is 11.4 Å². The van der Waals surface area contributed by atoms with Gasteiger partial charge in [-0.2, -0.15) is 4.57 Å². The molecule has 2 aromatic rings. The third-order valence-electron chi connectivity index (χ3n) is 5.09. The lowest BCUT2D eigenvalue weighted by Gasteiger charge is -2.06. The largest absolute Gasteiger partial charge is 0.726 e. The van der Waals surface area contributed by atoms with Crippen LogP contribution in [0.1, 0.15) is 80.8 Å². The first kappa shape index (κ1) is 26.3. The molecule has 1 aromatic carbocycles. The van der Waals surface area contributed by atoms with Crippen LogP contribution in [0.25, 0.3) is 5.69 Å². The Kier molecular flexibility index (Phi) is 11.8. The molecule has 0 unspecified atom stereocenters. The Bertz CT molecular complexity index is 830. The maximum atomic E-state index is 8.63. The van der Waals surface area contributed by atoms with Crippen LogP contribution in [0.3, 0.4) is 0 Å². The van der Waals surface area contributed by atoms with Crippen LogP contribution in [0.5, 0.6) is 0 Å². The van der Waals surface area contributed by atoms with E-state index in [9.17, 15) is 0 Å². The molecule has 0 aliphatic heterocycles. The third kappa shape index (κ3) is 11.4. The van der Waals surface area contributed by atoms with Crippen LogP contribution in [0.15, 0.2) is 36.4 Å². The van der Waals surface area contributed by atoms with Crippen LogP contribution in [0, 0.1) is 20.8 Å². The summed E-state index contributed by atoms with van der Waals surface area (Å²) < 4.78 is 35.2. The zero-order valence-corrected chi connectivity index (χ0v) is 19.7. The molecule has 0 aliphatic carbocycles. The fourth-order valence-electron chi connectivity index (χ4n) is 3.79. The van der Waals surface area contributed by atoms with E-state index >= 15 is 0 Å². The lowest BCUT2D eigenvalue weighted by molar-refractivity contribution is -0.609. The molecule has 5 nitrogen and oxygen atoms in total. The van der Waals surface area contributed by atoms with E-state index in [-0.39, 0.29) is 0 Å². The summed E-state index contributed by atoms with van der Waals surface area (Å²) in [6.07, 6.45) is 12.3. The van der Waals surface area contributed by atoms with Gasteiger partial charge in [-0.15, -0.1) is 0 Å². The van der Waals surface area contributed by atoms with E-state index in [2.05, 4.69) is 68.7 Å². The van der Waals surface area contributed by atoms with Crippen LogP contribution in [-0.2, 0) is 16.8 Å². The minimum Gasteiger partial charge on any atom is -0.726 e. The first-order chi connectivity index (χ1) is 14.1. The van der Waals surface area contributed by atoms with Crippen LogP contribution >= 0.6 is 0 Å². The lowest BCUT2D eigenvalue weighted by Crippen LogP contribution is -2.37. The number of hydrogen-bond donors (Lipinski definition) is 1. The normalized spacial score (nSPS) is 11.1. The van der Waals surface area contributed by atoms with Crippen molar-refractivity contribution in [2.45, 2.75) is 85.5 Å². The highest BCUT2D eigenvalue weighted by molar-refractivity contribution is 7.79. The molecule has 0 amide bonds. The molecular weight excluding hydrogens is 398 g/mol. The van der Waals surface area contributed by atoms with E-state index in [0.717, 1.165) is 0 Å². The number of benzene rings is 1. The molecule has 0 atom stereocenters. The maximum Gasteiger partial charge on any atom is 0.215 e. The highest BCUT2D eigenvalue weighted by atomic mass is 32.3. The van der Waals surface area contributed by atoms with Crippen molar-refractivity contribution < 1.29 is 22.1 Å². The van der Waals surface area contributed by atoms with E-state index in [1.54, 1.807) is 0 Å². The van der Waals surface area contributed by atoms with Gasteiger partial charge in [-0.1, -0.05) is 64.0 Å². The molecule has 0 radical (unpaired) electrons. The van der Waals surface area contributed by atoms with E-state index < -0.39 is 10.4 Å². The van der Waals surface area contributed by atoms with Crippen molar-refractivity contribution in [3.8, 4) is 5.69 Å². The monoisotopic (exact) mass is 435 g/mol. The Morgan fingerprint density at radius 2 is 1.27 bits per heavy atom. The number of pyridine rings is 1. The first-order valence-corrected chi connectivity index (χ1v) is 12.3. The molecule has 1 heterocycles. The van der Waals surface area contributed by atoms with Crippen molar-refractivity contribution in [1.82, 2.24) is 0 Å². The number of unbranched alkanes of at least 4 members (excludes halogenated alkanes) is 7. The van der Waals surface area contributed by atoms with Gasteiger partial charge in [-0.05, 0) is 30.9 Å². The topological polar surface area (TPSA) is 81.3 Å². The predicted octanol–water partition coefficient (Wildman–Crippen LogP) is 5.58. The van der Waals surface area contributed by atoms with Crippen molar-refractivity contribution >= 4 is 10.4 Å². The van der Waals surface area contributed by atoms with Crippen molar-refractivity contribution in [2.24, 2.45) is 0 Å². The number of aryl methyl sites for hydroxylation is 4. The van der Waals surface area contributed by atoms with Crippen LogP contribution in [0.2, 0.25) is 0 Å². The van der Waals surface area contributed by atoms with Gasteiger partial charge >= 0.3 is 0 Å². The summed E-state index contributed by atoms with van der Waals surface area (Å²) in [4.78, 5) is 0. The van der Waals surface area contributed by atoms with Gasteiger partial charge in [0.1, 0.15) is 0 Å². The van der Waals surface area contributed by atoms with Gasteiger partial charge in [0.2, 0.25) is 16.1 Å². The summed E-state index contributed by atoms with van der Waals surface area (Å²) in [5, 5.41) is 0. The van der Waals surface area contributed by atoms with Crippen molar-refractivity contribution in [3.63, 3.8) is 0 Å². The van der Waals surface area contributed by atoms with E-state index in [4.69, 9.17) is 17.5 Å². The van der Waals surface area contributed by atoms with Crippen molar-refractivity contribution in [2.75, 3.05) is 0 Å². The molecule has 30 heavy (non-hydrogen) atoms. The van der Waals surface area contributed by atoms with Gasteiger partial charge in [0, 0.05) is 38.1 Å². The maximum absolute atomic E-state index is 8.63. The third-order valence-corrected chi connectivity index (χ3v) is 5.09. The fourth-order valence-corrected chi connectivity index (χ4v) is 3.79. The van der Waals surface area contributed by atoms with Gasteiger partial charge < -0.3 is 4.55 Å². The number of hydrogen-bond acceptors (Lipinski definition) is 3. The lowest BCUT2D eigenvalue weighted by atomic mass is 10.0. The summed E-state index contributed by atoms with van der Waals surface area (Å²) in [6, 6.07) is 13.7. The van der Waals surface area contributed by atoms with Crippen LogP contribution < -0.4 is 4.57 Å². The second kappa shape index (κ2) is 13.5. The molecule has 0 bridgehead atoms. The summed E-state index contributed by atoms with van der Waals surface area (Å²) >= 11 is 0. The molecule has 0 spiro atoms. The number of rotatable bonds is 10. The molecular formula is C24H37NO4S.